The highest BCUT2D eigenvalue weighted by atomic mass is 32.2. The zero-order valence-electron chi connectivity index (χ0n) is 12.3. The number of methoxy groups -OCH3 is 1. The Hall–Kier alpha value is -1.18. The molecule has 1 rings (SSSR count). The van der Waals surface area contributed by atoms with Crippen LogP contribution in [0.3, 0.4) is 0 Å². The molecule has 0 atom stereocenters. The number of hydrogen-bond acceptors (Lipinski definition) is 6. The molecule has 0 spiro atoms. The first-order chi connectivity index (χ1) is 9.54. The Balaban J connectivity index is 3.10. The monoisotopic (exact) mass is 299 g/mol. The first kappa shape index (κ1) is 16.9. The van der Waals surface area contributed by atoms with Gasteiger partial charge in [0.1, 0.15) is 10.9 Å². The van der Waals surface area contributed by atoms with Crippen molar-refractivity contribution in [3.05, 3.63) is 17.1 Å². The molecular weight excluding hydrogens is 278 g/mol. The normalized spacial score (nSPS) is 10.7. The molecule has 1 heterocycles. The van der Waals surface area contributed by atoms with Crippen molar-refractivity contribution < 1.29 is 14.6 Å². The molecular formula is C13H21N3O3S. The van der Waals surface area contributed by atoms with Gasteiger partial charge in [0.15, 0.2) is 0 Å². The van der Waals surface area contributed by atoms with Gasteiger partial charge < -0.3 is 14.7 Å². The SMILES string of the molecule is COCCN(CCO)C(=O)c1c(C)nc(C)nc1SC. The van der Waals surface area contributed by atoms with Gasteiger partial charge in [0.25, 0.3) is 5.91 Å². The first-order valence-corrected chi connectivity index (χ1v) is 7.55. The predicted molar refractivity (Wildman–Crippen MR) is 78.2 cm³/mol. The van der Waals surface area contributed by atoms with E-state index in [1.165, 1.54) is 11.8 Å². The lowest BCUT2D eigenvalue weighted by Crippen LogP contribution is -2.37. The molecule has 0 aliphatic carbocycles. The second-order valence-corrected chi connectivity index (χ2v) is 5.04. The van der Waals surface area contributed by atoms with E-state index in [4.69, 9.17) is 9.84 Å². The van der Waals surface area contributed by atoms with Crippen molar-refractivity contribution in [3.8, 4) is 0 Å². The van der Waals surface area contributed by atoms with Crippen LogP contribution in [0.5, 0.6) is 0 Å². The topological polar surface area (TPSA) is 75.6 Å². The number of rotatable bonds is 7. The summed E-state index contributed by atoms with van der Waals surface area (Å²) in [5.41, 5.74) is 1.17. The highest BCUT2D eigenvalue weighted by molar-refractivity contribution is 7.98. The zero-order chi connectivity index (χ0) is 15.1. The summed E-state index contributed by atoms with van der Waals surface area (Å²) in [6, 6.07) is 0. The molecule has 0 unspecified atom stereocenters. The molecule has 0 saturated carbocycles. The van der Waals surface area contributed by atoms with Crippen molar-refractivity contribution in [1.29, 1.82) is 0 Å². The summed E-state index contributed by atoms with van der Waals surface area (Å²) < 4.78 is 5.00. The molecule has 0 radical (unpaired) electrons. The van der Waals surface area contributed by atoms with Crippen molar-refractivity contribution in [3.63, 3.8) is 0 Å². The van der Waals surface area contributed by atoms with Crippen molar-refractivity contribution in [2.75, 3.05) is 39.7 Å². The summed E-state index contributed by atoms with van der Waals surface area (Å²) >= 11 is 1.42. The number of nitrogens with zero attached hydrogens (tertiary/aromatic N) is 3. The van der Waals surface area contributed by atoms with Crippen LogP contribution in [0.25, 0.3) is 0 Å². The van der Waals surface area contributed by atoms with Crippen LogP contribution in [0.15, 0.2) is 5.03 Å². The van der Waals surface area contributed by atoms with Crippen LogP contribution in [-0.4, -0.2) is 65.6 Å². The summed E-state index contributed by atoms with van der Waals surface area (Å²) in [4.78, 5) is 22.7. The number of aliphatic hydroxyl groups is 1. The molecule has 0 aromatic carbocycles. The van der Waals surface area contributed by atoms with Crippen LogP contribution >= 0.6 is 11.8 Å². The number of carbonyl (C=O) groups excluding carboxylic acids is 1. The molecule has 6 nitrogen and oxygen atoms in total. The van der Waals surface area contributed by atoms with Gasteiger partial charge in [0.05, 0.1) is 24.5 Å². The van der Waals surface area contributed by atoms with E-state index in [1.807, 2.05) is 6.26 Å². The van der Waals surface area contributed by atoms with E-state index in [1.54, 1.807) is 25.9 Å². The molecule has 112 valence electrons. The molecule has 20 heavy (non-hydrogen) atoms. The number of hydrogen-bond donors (Lipinski definition) is 1. The average molecular weight is 299 g/mol. The first-order valence-electron chi connectivity index (χ1n) is 6.33. The zero-order valence-corrected chi connectivity index (χ0v) is 13.2. The van der Waals surface area contributed by atoms with Gasteiger partial charge in [0, 0.05) is 20.2 Å². The fraction of sp³-hybridized carbons (Fsp3) is 0.615. The number of amides is 1. The van der Waals surface area contributed by atoms with Crippen LogP contribution in [0, 0.1) is 13.8 Å². The number of carbonyl (C=O) groups is 1. The van der Waals surface area contributed by atoms with Gasteiger partial charge in [-0.05, 0) is 20.1 Å². The fourth-order valence-electron chi connectivity index (χ4n) is 1.87. The summed E-state index contributed by atoms with van der Waals surface area (Å²) in [5.74, 6) is 0.479. The lowest BCUT2D eigenvalue weighted by Gasteiger charge is -2.23. The van der Waals surface area contributed by atoms with Crippen molar-refractivity contribution in [1.82, 2.24) is 14.9 Å². The summed E-state index contributed by atoms with van der Waals surface area (Å²) in [5, 5.41) is 9.77. The molecule has 1 aromatic heterocycles. The molecule has 0 saturated heterocycles. The number of aliphatic hydroxyl groups excluding tert-OH is 1. The Labute approximate surface area is 123 Å². The molecule has 0 bridgehead atoms. The largest absolute Gasteiger partial charge is 0.395 e. The van der Waals surface area contributed by atoms with Crippen LogP contribution in [0.4, 0.5) is 0 Å². The molecule has 1 aromatic rings. The lowest BCUT2D eigenvalue weighted by atomic mass is 10.2. The van der Waals surface area contributed by atoms with E-state index in [-0.39, 0.29) is 19.1 Å². The summed E-state index contributed by atoms with van der Waals surface area (Å²) in [6.45, 7) is 4.63. The van der Waals surface area contributed by atoms with Crippen LogP contribution in [0.2, 0.25) is 0 Å². The van der Waals surface area contributed by atoms with E-state index < -0.39 is 0 Å². The fourth-order valence-corrected chi connectivity index (χ4v) is 2.53. The van der Waals surface area contributed by atoms with E-state index in [2.05, 4.69) is 9.97 Å². The average Bonchev–Trinajstić information content (AvgIpc) is 2.41. The van der Waals surface area contributed by atoms with E-state index in [0.717, 1.165) is 0 Å². The van der Waals surface area contributed by atoms with Gasteiger partial charge in [-0.3, -0.25) is 4.79 Å². The maximum absolute atomic E-state index is 12.6. The quantitative estimate of drug-likeness (QED) is 0.595. The van der Waals surface area contributed by atoms with Gasteiger partial charge in [-0.1, -0.05) is 0 Å². The maximum Gasteiger partial charge on any atom is 0.258 e. The van der Waals surface area contributed by atoms with Crippen molar-refractivity contribution in [2.45, 2.75) is 18.9 Å². The number of aromatic nitrogens is 2. The van der Waals surface area contributed by atoms with Crippen LogP contribution < -0.4 is 0 Å². The van der Waals surface area contributed by atoms with Gasteiger partial charge in [-0.15, -0.1) is 11.8 Å². The number of ether oxygens (including phenoxy) is 1. The maximum atomic E-state index is 12.6. The third kappa shape index (κ3) is 4.16. The molecule has 0 fully saturated rings. The van der Waals surface area contributed by atoms with Crippen molar-refractivity contribution in [2.24, 2.45) is 0 Å². The summed E-state index contributed by atoms with van der Waals surface area (Å²) in [7, 11) is 1.58. The Bertz CT molecular complexity index is 468. The number of thioether (sulfide) groups is 1. The van der Waals surface area contributed by atoms with Crippen LogP contribution in [0.1, 0.15) is 21.9 Å². The Kier molecular flexibility index (Phi) is 6.90. The highest BCUT2D eigenvalue weighted by Gasteiger charge is 2.22. The molecule has 0 aliphatic heterocycles. The second kappa shape index (κ2) is 8.18. The Morgan fingerprint density at radius 1 is 1.35 bits per heavy atom. The minimum absolute atomic E-state index is 0.0875. The minimum Gasteiger partial charge on any atom is -0.395 e. The number of aryl methyl sites for hydroxylation is 2. The van der Waals surface area contributed by atoms with Gasteiger partial charge in [-0.2, -0.15) is 0 Å². The molecule has 1 N–H and O–H groups in total. The summed E-state index contributed by atoms with van der Waals surface area (Å²) in [6.07, 6.45) is 1.88. The third-order valence-electron chi connectivity index (χ3n) is 2.80. The van der Waals surface area contributed by atoms with Crippen LogP contribution in [-0.2, 0) is 4.74 Å². The van der Waals surface area contributed by atoms with Gasteiger partial charge in [0.2, 0.25) is 0 Å². The molecule has 1 amide bonds. The van der Waals surface area contributed by atoms with E-state index in [0.29, 0.717) is 35.3 Å². The Morgan fingerprint density at radius 2 is 2.05 bits per heavy atom. The third-order valence-corrected chi connectivity index (χ3v) is 3.48. The smallest absolute Gasteiger partial charge is 0.258 e. The predicted octanol–water partition coefficient (Wildman–Crippen LogP) is 0.896. The van der Waals surface area contributed by atoms with E-state index in [9.17, 15) is 4.79 Å². The minimum atomic E-state index is -0.169. The lowest BCUT2D eigenvalue weighted by molar-refractivity contribution is 0.0651. The van der Waals surface area contributed by atoms with Gasteiger partial charge >= 0.3 is 0 Å². The Morgan fingerprint density at radius 3 is 2.60 bits per heavy atom. The second-order valence-electron chi connectivity index (χ2n) is 4.25. The van der Waals surface area contributed by atoms with Crippen molar-refractivity contribution >= 4 is 17.7 Å². The molecule has 0 aliphatic rings. The van der Waals surface area contributed by atoms with E-state index >= 15 is 0 Å². The standard InChI is InChI=1S/C13H21N3O3S/c1-9-11(12(20-4)15-10(2)14-9)13(18)16(5-7-17)6-8-19-3/h17H,5-8H2,1-4H3. The van der Waals surface area contributed by atoms with Gasteiger partial charge in [-0.25, -0.2) is 9.97 Å². The molecule has 7 heteroatoms. The highest BCUT2D eigenvalue weighted by Crippen LogP contribution is 2.22.